The van der Waals surface area contributed by atoms with Crippen molar-refractivity contribution in [2.75, 3.05) is 13.2 Å². The summed E-state index contributed by atoms with van der Waals surface area (Å²) in [4.78, 5) is 11.8. The lowest BCUT2D eigenvalue weighted by atomic mass is 9.43. The molecule has 5 heteroatoms. The molecule has 5 aliphatic rings. The summed E-state index contributed by atoms with van der Waals surface area (Å²) in [5.74, 6) is -0.850. The van der Waals surface area contributed by atoms with Gasteiger partial charge in [0, 0.05) is 27.5 Å². The summed E-state index contributed by atoms with van der Waals surface area (Å²) >= 11 is 0. The van der Waals surface area contributed by atoms with Gasteiger partial charge in [0.2, 0.25) is 0 Å². The molecule has 1 spiro atoms. The monoisotopic (exact) mass is 522 g/mol. The Morgan fingerprint density at radius 3 is 2.41 bits per heavy atom. The Labute approximate surface area is 233 Å². The molecule has 1 saturated heterocycles. The van der Waals surface area contributed by atoms with Crippen LogP contribution < -0.4 is 0 Å². The highest BCUT2D eigenvalue weighted by molar-refractivity contribution is 5.66. The van der Waals surface area contributed by atoms with Gasteiger partial charge in [-0.05, 0) is 98.2 Å². The Morgan fingerprint density at radius 1 is 1.05 bits per heavy atom. The Hall–Kier alpha value is -0.910. The average Bonchev–Trinajstić information content (AvgIpc) is 3.47. The van der Waals surface area contributed by atoms with E-state index in [1.54, 1.807) is 0 Å². The predicted octanol–water partition coefficient (Wildman–Crippen LogP) is 6.53. The average molecular weight is 523 g/mol. The normalized spacial score (nSPS) is 47.8. The minimum atomic E-state index is -2.68. The maximum absolute atomic E-state index is 11.8. The molecule has 0 aromatic heterocycles. The van der Waals surface area contributed by atoms with Crippen molar-refractivity contribution in [3.05, 3.63) is 11.6 Å². The van der Waals surface area contributed by atoms with Crippen LogP contribution in [0.1, 0.15) is 108 Å². The molecule has 5 nitrogen and oxygen atoms in total. The van der Waals surface area contributed by atoms with Gasteiger partial charge < -0.3 is 19.3 Å². The van der Waals surface area contributed by atoms with E-state index in [0.29, 0.717) is 31.0 Å². The van der Waals surface area contributed by atoms with Gasteiger partial charge in [0.25, 0.3) is 0 Å². The van der Waals surface area contributed by atoms with Crippen molar-refractivity contribution in [1.29, 1.82) is 0 Å². The quantitative estimate of drug-likeness (QED) is 0.328. The van der Waals surface area contributed by atoms with E-state index in [2.05, 4.69) is 13.8 Å². The summed E-state index contributed by atoms with van der Waals surface area (Å²) in [6.07, 6.45) is 8.10. The highest BCUT2D eigenvalue weighted by atomic mass is 16.7. The number of rotatable bonds is 5. The second-order valence-electron chi connectivity index (χ2n) is 13.6. The Bertz CT molecular complexity index is 1070. The summed E-state index contributed by atoms with van der Waals surface area (Å²) in [6.45, 7) is 5.66. The summed E-state index contributed by atoms with van der Waals surface area (Å²) in [7, 11) is 0. The molecule has 5 fully saturated rings. The van der Waals surface area contributed by atoms with Crippen molar-refractivity contribution in [3.8, 4) is 0 Å². The minimum absolute atomic E-state index is 0.00526. The van der Waals surface area contributed by atoms with Crippen molar-refractivity contribution in [3.63, 3.8) is 0 Å². The van der Waals surface area contributed by atoms with Crippen LogP contribution in [0.3, 0.4) is 0 Å². The third-order valence-corrected chi connectivity index (χ3v) is 11.9. The van der Waals surface area contributed by atoms with Crippen LogP contribution >= 0.6 is 0 Å². The van der Waals surface area contributed by atoms with Crippen LogP contribution in [0.4, 0.5) is 0 Å². The fourth-order valence-electron chi connectivity index (χ4n) is 10.1. The Morgan fingerprint density at radius 2 is 1.73 bits per heavy atom. The lowest BCUT2D eigenvalue weighted by Crippen LogP contribution is -2.63. The third-order valence-electron chi connectivity index (χ3n) is 11.9. The molecule has 0 aromatic rings. The van der Waals surface area contributed by atoms with Crippen molar-refractivity contribution in [2.24, 2.45) is 52.3 Å². The number of esters is 1. The lowest BCUT2D eigenvalue weighted by Gasteiger charge is -2.65. The van der Waals surface area contributed by atoms with Gasteiger partial charge >= 0.3 is 5.97 Å². The molecule has 210 valence electrons. The SMILES string of the molecule is [2H]C([2H])([2H])C(/C(C)=C/[C@H](O)[C@@H](C)[C@H]1CC[C@H]2[C@@H]3CC4(OCCO4)[C@H]4C[C@@H](OC(C)=O)CC[C@]4(C)[C@H]3CC[C@]12C)C([2H])([2H])[2H]. The zero-order valence-corrected chi connectivity index (χ0v) is 23.4. The van der Waals surface area contributed by atoms with Crippen LogP contribution in [0.15, 0.2) is 11.6 Å². The number of carbonyl (C=O) groups is 1. The highest BCUT2D eigenvalue weighted by Gasteiger charge is 2.68. The molecule has 1 heterocycles. The fourth-order valence-corrected chi connectivity index (χ4v) is 10.1. The molecule has 10 atom stereocenters. The van der Waals surface area contributed by atoms with E-state index in [0.717, 1.165) is 51.4 Å². The summed E-state index contributed by atoms with van der Waals surface area (Å²) in [6, 6.07) is 0. The first-order valence-electron chi connectivity index (χ1n) is 17.6. The number of aliphatic hydroxyl groups excluding tert-OH is 1. The van der Waals surface area contributed by atoms with Crippen molar-refractivity contribution < 1.29 is 32.3 Å². The highest BCUT2D eigenvalue weighted by Crippen LogP contribution is 2.71. The maximum Gasteiger partial charge on any atom is 0.302 e. The van der Waals surface area contributed by atoms with E-state index in [1.165, 1.54) is 19.9 Å². The van der Waals surface area contributed by atoms with Crippen molar-refractivity contribution in [2.45, 2.75) is 118 Å². The number of aliphatic hydroxyl groups is 1. The van der Waals surface area contributed by atoms with Gasteiger partial charge in [0.1, 0.15) is 6.10 Å². The molecule has 4 aliphatic carbocycles. The van der Waals surface area contributed by atoms with Crippen LogP contribution in [0.2, 0.25) is 0 Å². The number of allylic oxidation sites excluding steroid dienone is 1. The zero-order chi connectivity index (χ0) is 31.8. The van der Waals surface area contributed by atoms with Crippen molar-refractivity contribution >= 4 is 5.97 Å². The van der Waals surface area contributed by atoms with Crippen molar-refractivity contribution in [1.82, 2.24) is 0 Å². The number of ether oxygens (including phenoxy) is 3. The maximum atomic E-state index is 11.8. The van der Waals surface area contributed by atoms with Gasteiger partial charge in [0.15, 0.2) is 5.79 Å². The molecule has 0 aromatic carbocycles. The van der Waals surface area contributed by atoms with E-state index in [1.807, 2.05) is 6.92 Å². The Balaban J connectivity index is 1.39. The fraction of sp³-hybridized carbons (Fsp3) is 0.906. The first-order valence-corrected chi connectivity index (χ1v) is 14.6. The van der Waals surface area contributed by atoms with Gasteiger partial charge in [-0.3, -0.25) is 4.79 Å². The van der Waals surface area contributed by atoms with Gasteiger partial charge in [0.05, 0.1) is 19.3 Å². The molecule has 0 radical (unpaired) electrons. The molecule has 0 amide bonds. The van der Waals surface area contributed by atoms with Crippen LogP contribution in [0, 0.1) is 52.3 Å². The molecule has 1 aliphatic heterocycles. The van der Waals surface area contributed by atoms with E-state index >= 15 is 0 Å². The number of carbonyl (C=O) groups excluding carboxylic acids is 1. The van der Waals surface area contributed by atoms with E-state index in [4.69, 9.17) is 22.4 Å². The van der Waals surface area contributed by atoms with Gasteiger partial charge in [-0.15, -0.1) is 0 Å². The first-order chi connectivity index (χ1) is 19.8. The summed E-state index contributed by atoms with van der Waals surface area (Å²) in [5.41, 5.74) is 0.221. The molecular formula is C32H52O5. The van der Waals surface area contributed by atoms with Crippen LogP contribution in [0.25, 0.3) is 0 Å². The first kappa shape index (κ1) is 20.9. The second-order valence-corrected chi connectivity index (χ2v) is 13.6. The summed E-state index contributed by atoms with van der Waals surface area (Å²) in [5, 5.41) is 11.4. The standard InChI is InChI=1S/C32H52O5/c1-19(2)20(3)16-28(34)21(4)25-8-9-26-24-18-32(35-14-15-36-32)29-17-23(37-22(5)33)10-12-31(29,7)27(24)11-13-30(25,26)6/h16,19,21,23-29,34H,8-15,17-18H2,1-7H3/b20-16+/t21-,23-,24-,25+,26-,27-,28-,29-,30+,31+/m0/s1/i1D3,2D3. The molecule has 0 bridgehead atoms. The largest absolute Gasteiger partial charge is 0.463 e. The third kappa shape index (κ3) is 4.53. The van der Waals surface area contributed by atoms with E-state index in [-0.39, 0.29) is 46.2 Å². The molecule has 1 N–H and O–H groups in total. The molecular weight excluding hydrogens is 464 g/mol. The Kier molecular flexibility index (Phi) is 5.61. The second kappa shape index (κ2) is 9.93. The molecule has 37 heavy (non-hydrogen) atoms. The zero-order valence-electron chi connectivity index (χ0n) is 29.4. The smallest absolute Gasteiger partial charge is 0.302 e. The summed E-state index contributed by atoms with van der Waals surface area (Å²) < 4.78 is 65.7. The van der Waals surface area contributed by atoms with Crippen LogP contribution in [0.5, 0.6) is 0 Å². The van der Waals surface area contributed by atoms with Gasteiger partial charge in [-0.2, -0.15) is 0 Å². The van der Waals surface area contributed by atoms with Crippen LogP contribution in [-0.2, 0) is 19.0 Å². The van der Waals surface area contributed by atoms with Gasteiger partial charge in [-0.1, -0.05) is 46.1 Å². The van der Waals surface area contributed by atoms with Crippen LogP contribution in [-0.4, -0.2) is 42.3 Å². The topological polar surface area (TPSA) is 65.0 Å². The predicted molar refractivity (Wildman–Crippen MR) is 145 cm³/mol. The molecule has 5 rings (SSSR count). The lowest BCUT2D eigenvalue weighted by molar-refractivity contribution is -0.298. The molecule has 0 unspecified atom stereocenters. The number of hydrogen-bond acceptors (Lipinski definition) is 5. The van der Waals surface area contributed by atoms with Gasteiger partial charge in [-0.25, -0.2) is 0 Å². The van der Waals surface area contributed by atoms with E-state index < -0.39 is 31.5 Å². The number of hydrogen-bond donors (Lipinski definition) is 1. The number of fused-ring (bicyclic) bond motifs is 6. The van der Waals surface area contributed by atoms with E-state index in [9.17, 15) is 9.90 Å². The minimum Gasteiger partial charge on any atom is -0.463 e. The molecule has 4 saturated carbocycles.